The number of alkyl halides is 2. The minimum atomic E-state index is -3.90. The van der Waals surface area contributed by atoms with Crippen LogP contribution in [0.4, 0.5) is 17.7 Å². The number of halogens is 4. The van der Waals surface area contributed by atoms with E-state index in [0.717, 1.165) is 12.1 Å². The van der Waals surface area contributed by atoms with E-state index in [4.69, 9.17) is 5.41 Å². The topological polar surface area (TPSA) is 42.7 Å². The molecule has 0 amide bonds. The number of hydrogen-bond donors (Lipinski definition) is 1. The van der Waals surface area contributed by atoms with Crippen molar-refractivity contribution in [3.8, 4) is 0 Å². The van der Waals surface area contributed by atoms with Crippen LogP contribution in [0.3, 0.4) is 0 Å². The second kappa shape index (κ2) is 7.42. The third-order valence-electron chi connectivity index (χ3n) is 5.14. The van der Waals surface area contributed by atoms with E-state index < -0.39 is 28.6 Å². The van der Waals surface area contributed by atoms with Gasteiger partial charge in [-0.1, -0.05) is 11.2 Å². The monoisotopic (exact) mass is 382 g/mol. The summed E-state index contributed by atoms with van der Waals surface area (Å²) in [6, 6.07) is -2.27. The number of rotatable bonds is 2. The maximum Gasteiger partial charge on any atom is 0.357 e. The van der Waals surface area contributed by atoms with E-state index in [1.165, 1.54) is 0 Å². The molecule has 4 bridgehead atoms. The Balaban J connectivity index is 2.08. The van der Waals surface area contributed by atoms with Crippen molar-refractivity contribution < 1.29 is 17.7 Å². The SMILES string of the molecule is CC=N/C(=C\C)C(=N)N1Cc2cc(F)cc(c2)C(F)(F)N(F)C2CCC1C2. The van der Waals surface area contributed by atoms with Crippen molar-refractivity contribution in [2.24, 2.45) is 4.99 Å². The molecule has 27 heavy (non-hydrogen) atoms. The first kappa shape index (κ1) is 19.5. The molecule has 1 aromatic carbocycles. The van der Waals surface area contributed by atoms with Gasteiger partial charge in [0, 0.05) is 30.4 Å². The van der Waals surface area contributed by atoms with Crippen molar-refractivity contribution in [3.63, 3.8) is 0 Å². The van der Waals surface area contributed by atoms with Crippen molar-refractivity contribution in [3.05, 3.63) is 46.9 Å². The lowest BCUT2D eigenvalue weighted by atomic mass is 10.0. The number of allylic oxidation sites excluding steroid dienone is 1. The van der Waals surface area contributed by atoms with Crippen LogP contribution in [0.5, 0.6) is 0 Å². The fourth-order valence-electron chi connectivity index (χ4n) is 3.84. The van der Waals surface area contributed by atoms with Crippen LogP contribution in [-0.2, 0) is 12.6 Å². The summed E-state index contributed by atoms with van der Waals surface area (Å²) in [5, 5.41) is 8.09. The Morgan fingerprint density at radius 3 is 2.59 bits per heavy atom. The largest absolute Gasteiger partial charge is 0.357 e. The molecule has 0 saturated heterocycles. The zero-order valence-corrected chi connectivity index (χ0v) is 15.2. The van der Waals surface area contributed by atoms with Gasteiger partial charge in [0.05, 0.1) is 0 Å². The Bertz CT molecular complexity index is 790. The molecule has 1 fully saturated rings. The molecule has 2 aliphatic rings. The standard InChI is InChI=1S/C19H22F4N4/c1-3-17(25-4-2)18(24)26-11-12-7-13(9-14(20)8-12)19(21,22)27(23)16-6-5-15(26)10-16/h3-4,7-9,15-16,24H,5-6,10-11H2,1-2H3/b17-3-,24-18?,25-4?. The summed E-state index contributed by atoms with van der Waals surface area (Å²) in [5.41, 5.74) is -0.0177. The number of amidine groups is 1. The van der Waals surface area contributed by atoms with Gasteiger partial charge in [-0.25, -0.2) is 4.39 Å². The Morgan fingerprint density at radius 2 is 1.93 bits per heavy atom. The molecule has 0 aromatic heterocycles. The van der Waals surface area contributed by atoms with Gasteiger partial charge in [-0.2, -0.15) is 8.78 Å². The Kier molecular flexibility index (Phi) is 5.37. The molecule has 3 rings (SSSR count). The van der Waals surface area contributed by atoms with E-state index in [2.05, 4.69) is 4.99 Å². The van der Waals surface area contributed by atoms with Crippen LogP contribution >= 0.6 is 0 Å². The highest BCUT2D eigenvalue weighted by Crippen LogP contribution is 2.41. The van der Waals surface area contributed by atoms with Crippen LogP contribution in [0.2, 0.25) is 0 Å². The van der Waals surface area contributed by atoms with Crippen LogP contribution < -0.4 is 0 Å². The quantitative estimate of drug-likeness (QED) is 0.263. The lowest BCUT2D eigenvalue weighted by Crippen LogP contribution is -2.43. The van der Waals surface area contributed by atoms with E-state index in [-0.39, 0.29) is 36.8 Å². The zero-order chi connectivity index (χ0) is 19.8. The predicted octanol–water partition coefficient (Wildman–Crippen LogP) is 4.77. The summed E-state index contributed by atoms with van der Waals surface area (Å²) in [5.74, 6) is -0.738. The number of benzene rings is 1. The second-order valence-electron chi connectivity index (χ2n) is 6.86. The first-order valence-electron chi connectivity index (χ1n) is 8.91. The number of fused-ring (bicyclic) bond motifs is 4. The smallest absolute Gasteiger partial charge is 0.348 e. The molecule has 1 N–H and O–H groups in total. The maximum absolute atomic E-state index is 14.6. The Hall–Kier alpha value is -2.22. The normalized spacial score (nSPS) is 25.9. The molecule has 1 heterocycles. The summed E-state index contributed by atoms with van der Waals surface area (Å²) in [4.78, 5) is 5.88. The number of nitrogens with zero attached hydrogens (tertiary/aromatic N) is 3. The third-order valence-corrected chi connectivity index (χ3v) is 5.14. The first-order valence-corrected chi connectivity index (χ1v) is 8.91. The molecule has 1 saturated carbocycles. The fraction of sp³-hybridized carbons (Fsp3) is 0.474. The lowest BCUT2D eigenvalue weighted by molar-refractivity contribution is -0.264. The zero-order valence-electron chi connectivity index (χ0n) is 15.2. The average Bonchev–Trinajstić information content (AvgIpc) is 3.11. The van der Waals surface area contributed by atoms with Crippen molar-refractivity contribution in [2.75, 3.05) is 0 Å². The van der Waals surface area contributed by atoms with Gasteiger partial charge in [-0.3, -0.25) is 10.4 Å². The van der Waals surface area contributed by atoms with Crippen LogP contribution in [0, 0.1) is 11.2 Å². The van der Waals surface area contributed by atoms with Crippen LogP contribution in [-0.4, -0.2) is 34.2 Å². The molecule has 8 heteroatoms. The molecule has 146 valence electrons. The number of hydrogen-bond acceptors (Lipinski definition) is 3. The Labute approximate surface area is 155 Å². The second-order valence-corrected chi connectivity index (χ2v) is 6.86. The highest BCUT2D eigenvalue weighted by atomic mass is 19.3. The highest BCUT2D eigenvalue weighted by molar-refractivity contribution is 5.96. The molecule has 0 spiro atoms. The fourth-order valence-corrected chi connectivity index (χ4v) is 3.84. The van der Waals surface area contributed by atoms with Gasteiger partial charge in [-0.05, 0) is 56.9 Å². The number of nitrogens with one attached hydrogen (secondary N) is 1. The van der Waals surface area contributed by atoms with Crippen LogP contribution in [0.15, 0.2) is 35.0 Å². The van der Waals surface area contributed by atoms with Crippen LogP contribution in [0.25, 0.3) is 0 Å². The van der Waals surface area contributed by atoms with Crippen molar-refractivity contribution in [1.82, 2.24) is 10.0 Å². The van der Waals surface area contributed by atoms with Crippen LogP contribution in [0.1, 0.15) is 44.2 Å². The molecule has 2 atom stereocenters. The predicted molar refractivity (Wildman–Crippen MR) is 95.9 cm³/mol. The minimum absolute atomic E-state index is 0.0833. The van der Waals surface area contributed by atoms with Crippen molar-refractivity contribution in [2.45, 2.75) is 57.8 Å². The molecule has 0 radical (unpaired) electrons. The van der Waals surface area contributed by atoms with Gasteiger partial charge in [0.25, 0.3) is 0 Å². The Morgan fingerprint density at radius 1 is 1.22 bits per heavy atom. The van der Waals surface area contributed by atoms with Gasteiger partial charge in [0.15, 0.2) is 0 Å². The lowest BCUT2D eigenvalue weighted by Gasteiger charge is -2.34. The van der Waals surface area contributed by atoms with E-state index in [0.29, 0.717) is 18.2 Å². The summed E-state index contributed by atoms with van der Waals surface area (Å²) in [6.07, 6.45) is 4.11. The number of aliphatic imine (C=N–C) groups is 1. The molecular formula is C19H22F4N4. The summed E-state index contributed by atoms with van der Waals surface area (Å²) in [7, 11) is 0. The molecule has 1 aromatic rings. The summed E-state index contributed by atoms with van der Waals surface area (Å²) >= 11 is 0. The van der Waals surface area contributed by atoms with E-state index in [9.17, 15) is 17.7 Å². The van der Waals surface area contributed by atoms with Gasteiger partial charge in [0.2, 0.25) is 0 Å². The third kappa shape index (κ3) is 3.63. The molecule has 2 unspecified atom stereocenters. The molecule has 4 nitrogen and oxygen atoms in total. The van der Waals surface area contributed by atoms with Gasteiger partial charge in [-0.15, -0.1) is 4.48 Å². The molecule has 1 aliphatic carbocycles. The van der Waals surface area contributed by atoms with E-state index in [1.807, 2.05) is 0 Å². The van der Waals surface area contributed by atoms with Gasteiger partial charge in [0.1, 0.15) is 17.3 Å². The summed E-state index contributed by atoms with van der Waals surface area (Å²) in [6.45, 7) is 3.56. The van der Waals surface area contributed by atoms with Crippen molar-refractivity contribution in [1.29, 1.82) is 5.41 Å². The van der Waals surface area contributed by atoms with Gasteiger partial charge < -0.3 is 4.90 Å². The van der Waals surface area contributed by atoms with E-state index in [1.54, 1.807) is 31.0 Å². The van der Waals surface area contributed by atoms with Crippen molar-refractivity contribution >= 4 is 12.1 Å². The first-order chi connectivity index (χ1) is 12.8. The summed E-state index contributed by atoms with van der Waals surface area (Å²) < 4.78 is 57.6. The average molecular weight is 382 g/mol. The maximum atomic E-state index is 14.6. The molecular weight excluding hydrogens is 360 g/mol. The molecule has 1 aliphatic heterocycles. The van der Waals surface area contributed by atoms with E-state index >= 15 is 0 Å². The minimum Gasteiger partial charge on any atom is -0.348 e. The highest BCUT2D eigenvalue weighted by Gasteiger charge is 2.48. The van der Waals surface area contributed by atoms with Gasteiger partial charge >= 0.3 is 6.05 Å².